The standard InChI is InChI=1S/C62H67BN2/c1-39-31-55-57-56(32-39)65(52-30-28-42(59(5,6)7)34-47(52)46-26-19-18-25-45(46)40-21-16-15-17-22-40)54-37-49-48(61(11,12)38-62(49,13)14)36-51(54)63(57)50-29-27-43(60(8,9)10)35-53(50)64(55)44-24-20-23-41(33-44)58(2,3)4/h15-37H,38H2,1-14H3. The third kappa shape index (κ3) is 7.08. The number of hydrogen-bond donors (Lipinski definition) is 0. The molecular formula is C62H67BN2. The molecule has 2 heterocycles. The molecule has 7 aromatic rings. The van der Waals surface area contributed by atoms with Crippen LogP contribution in [0, 0.1) is 6.92 Å². The third-order valence-corrected chi connectivity index (χ3v) is 14.9. The lowest BCUT2D eigenvalue weighted by molar-refractivity contribution is 0.403. The van der Waals surface area contributed by atoms with Crippen LogP contribution in [-0.4, -0.2) is 6.71 Å². The largest absolute Gasteiger partial charge is 0.311 e. The van der Waals surface area contributed by atoms with E-state index in [4.69, 9.17) is 0 Å². The maximum absolute atomic E-state index is 2.68. The number of fused-ring (bicyclic) bond motifs is 5. The van der Waals surface area contributed by atoms with Gasteiger partial charge < -0.3 is 9.80 Å². The van der Waals surface area contributed by atoms with Gasteiger partial charge in [0.2, 0.25) is 0 Å². The zero-order valence-corrected chi connectivity index (χ0v) is 41.5. The van der Waals surface area contributed by atoms with Gasteiger partial charge >= 0.3 is 0 Å². The predicted octanol–water partition coefficient (Wildman–Crippen LogP) is 15.3. The molecule has 328 valence electrons. The van der Waals surface area contributed by atoms with Crippen molar-refractivity contribution >= 4 is 57.2 Å². The molecule has 2 aliphatic heterocycles. The molecule has 0 atom stereocenters. The fourth-order valence-corrected chi connectivity index (χ4v) is 11.7. The van der Waals surface area contributed by atoms with E-state index in [-0.39, 0.29) is 33.8 Å². The highest BCUT2D eigenvalue weighted by molar-refractivity contribution is 7.00. The van der Waals surface area contributed by atoms with Crippen molar-refractivity contribution in [3.8, 4) is 22.3 Å². The monoisotopic (exact) mass is 851 g/mol. The fraction of sp³-hybridized carbons (Fsp3) is 0.323. The van der Waals surface area contributed by atoms with Gasteiger partial charge in [-0.15, -0.1) is 0 Å². The summed E-state index contributed by atoms with van der Waals surface area (Å²) in [7, 11) is 0. The summed E-state index contributed by atoms with van der Waals surface area (Å²) in [5, 5.41) is 0. The van der Waals surface area contributed by atoms with Gasteiger partial charge in [0, 0.05) is 34.0 Å². The van der Waals surface area contributed by atoms with Crippen LogP contribution in [0.3, 0.4) is 0 Å². The van der Waals surface area contributed by atoms with Crippen molar-refractivity contribution in [3.63, 3.8) is 0 Å². The van der Waals surface area contributed by atoms with E-state index in [2.05, 4.69) is 246 Å². The van der Waals surface area contributed by atoms with Crippen LogP contribution in [0.4, 0.5) is 34.1 Å². The molecule has 0 spiro atoms. The van der Waals surface area contributed by atoms with Gasteiger partial charge in [0.15, 0.2) is 0 Å². The van der Waals surface area contributed by atoms with Gasteiger partial charge in [-0.25, -0.2) is 0 Å². The Morgan fingerprint density at radius 1 is 0.431 bits per heavy atom. The second-order valence-electron chi connectivity index (χ2n) is 23.9. The maximum atomic E-state index is 2.68. The summed E-state index contributed by atoms with van der Waals surface area (Å²) in [5.74, 6) is 0. The highest BCUT2D eigenvalue weighted by Crippen LogP contribution is 2.54. The Bertz CT molecular complexity index is 3040. The summed E-state index contributed by atoms with van der Waals surface area (Å²) in [5.41, 5.74) is 24.8. The van der Waals surface area contributed by atoms with Gasteiger partial charge in [-0.3, -0.25) is 0 Å². The Kier molecular flexibility index (Phi) is 9.69. The maximum Gasteiger partial charge on any atom is 0.252 e. The highest BCUT2D eigenvalue weighted by Gasteiger charge is 2.48. The molecule has 0 N–H and O–H groups in total. The molecule has 3 heteroatoms. The molecule has 1 aliphatic carbocycles. The minimum atomic E-state index is -0.0451. The first-order valence-corrected chi connectivity index (χ1v) is 24.0. The van der Waals surface area contributed by atoms with Gasteiger partial charge in [-0.2, -0.15) is 0 Å². The fourth-order valence-electron chi connectivity index (χ4n) is 11.7. The lowest BCUT2D eigenvalue weighted by Gasteiger charge is -2.46. The molecule has 0 saturated carbocycles. The summed E-state index contributed by atoms with van der Waals surface area (Å²) >= 11 is 0. The van der Waals surface area contributed by atoms with Crippen LogP contribution in [0.25, 0.3) is 22.3 Å². The molecular weight excluding hydrogens is 784 g/mol. The third-order valence-electron chi connectivity index (χ3n) is 14.9. The first kappa shape index (κ1) is 43.1. The number of anilines is 6. The molecule has 0 amide bonds. The molecule has 3 aliphatic rings. The van der Waals surface area contributed by atoms with Crippen LogP contribution in [0.5, 0.6) is 0 Å². The number of nitrogens with zero attached hydrogens (tertiary/aromatic N) is 2. The Labute approximate surface area is 390 Å². The second-order valence-corrected chi connectivity index (χ2v) is 23.9. The van der Waals surface area contributed by atoms with Crippen LogP contribution < -0.4 is 26.2 Å². The van der Waals surface area contributed by atoms with Crippen molar-refractivity contribution < 1.29 is 0 Å². The molecule has 2 nitrogen and oxygen atoms in total. The molecule has 65 heavy (non-hydrogen) atoms. The molecule has 0 aromatic heterocycles. The lowest BCUT2D eigenvalue weighted by atomic mass is 9.33. The Morgan fingerprint density at radius 2 is 0.985 bits per heavy atom. The highest BCUT2D eigenvalue weighted by atomic mass is 15.2. The Hall–Kier alpha value is -5.80. The molecule has 0 radical (unpaired) electrons. The van der Waals surface area contributed by atoms with Gasteiger partial charge in [-0.1, -0.05) is 181 Å². The van der Waals surface area contributed by atoms with E-state index in [9.17, 15) is 0 Å². The number of rotatable bonds is 4. The van der Waals surface area contributed by atoms with E-state index in [1.54, 1.807) is 0 Å². The average molecular weight is 851 g/mol. The SMILES string of the molecule is Cc1cc2c3c(c1)N(c1ccc(C(C)(C)C)cc1-c1ccccc1-c1ccccc1)c1cc4c(cc1B3c1ccc(C(C)(C)C)cc1N2c1cccc(C(C)(C)C)c1)C(C)(C)CC4(C)C. The summed E-state index contributed by atoms with van der Waals surface area (Å²) in [6.45, 7) is 33.2. The van der Waals surface area contributed by atoms with E-state index in [1.165, 1.54) is 106 Å². The molecule has 10 rings (SSSR count). The van der Waals surface area contributed by atoms with Crippen LogP contribution in [0.15, 0.2) is 140 Å². The van der Waals surface area contributed by atoms with E-state index < -0.39 is 0 Å². The molecule has 0 bridgehead atoms. The van der Waals surface area contributed by atoms with Crippen molar-refractivity contribution in [2.45, 2.75) is 130 Å². The van der Waals surface area contributed by atoms with E-state index in [1.807, 2.05) is 0 Å². The van der Waals surface area contributed by atoms with Gasteiger partial charge in [0.25, 0.3) is 6.71 Å². The van der Waals surface area contributed by atoms with Crippen molar-refractivity contribution in [3.05, 3.63) is 173 Å². The zero-order valence-electron chi connectivity index (χ0n) is 41.5. The van der Waals surface area contributed by atoms with Crippen LogP contribution in [-0.2, 0) is 27.1 Å². The van der Waals surface area contributed by atoms with Crippen molar-refractivity contribution in [1.82, 2.24) is 0 Å². The molecule has 0 saturated heterocycles. The van der Waals surface area contributed by atoms with Crippen molar-refractivity contribution in [1.29, 1.82) is 0 Å². The second kappa shape index (κ2) is 14.6. The van der Waals surface area contributed by atoms with E-state index in [0.29, 0.717) is 0 Å². The first-order chi connectivity index (χ1) is 30.5. The Morgan fingerprint density at radius 3 is 1.65 bits per heavy atom. The lowest BCUT2D eigenvalue weighted by Crippen LogP contribution is -2.61. The summed E-state index contributed by atoms with van der Waals surface area (Å²) in [6.07, 6.45) is 1.11. The topological polar surface area (TPSA) is 6.48 Å². The van der Waals surface area contributed by atoms with Gasteiger partial charge in [-0.05, 0) is 155 Å². The number of aryl methyl sites for hydroxylation is 1. The average Bonchev–Trinajstić information content (AvgIpc) is 3.43. The van der Waals surface area contributed by atoms with Gasteiger partial charge in [0.1, 0.15) is 0 Å². The van der Waals surface area contributed by atoms with Crippen molar-refractivity contribution in [2.75, 3.05) is 9.80 Å². The van der Waals surface area contributed by atoms with Crippen LogP contribution in [0.1, 0.15) is 130 Å². The normalized spacial score (nSPS) is 15.9. The quantitative estimate of drug-likeness (QED) is 0.163. The molecule has 7 aromatic carbocycles. The van der Waals surface area contributed by atoms with Crippen LogP contribution in [0.2, 0.25) is 0 Å². The minimum Gasteiger partial charge on any atom is -0.311 e. The zero-order chi connectivity index (χ0) is 46.2. The smallest absolute Gasteiger partial charge is 0.252 e. The van der Waals surface area contributed by atoms with Gasteiger partial charge in [0.05, 0.1) is 5.69 Å². The summed E-state index contributed by atoms with van der Waals surface area (Å²) < 4.78 is 0. The summed E-state index contributed by atoms with van der Waals surface area (Å²) in [6, 6.07) is 54.3. The van der Waals surface area contributed by atoms with E-state index >= 15 is 0 Å². The molecule has 0 unspecified atom stereocenters. The summed E-state index contributed by atoms with van der Waals surface area (Å²) in [4.78, 5) is 5.29. The van der Waals surface area contributed by atoms with E-state index in [0.717, 1.165) is 6.42 Å². The Balaban J connectivity index is 1.34. The predicted molar refractivity (Wildman–Crippen MR) is 283 cm³/mol. The minimum absolute atomic E-state index is 0.00118. The first-order valence-electron chi connectivity index (χ1n) is 24.0. The number of benzene rings is 7. The van der Waals surface area contributed by atoms with Crippen molar-refractivity contribution in [2.24, 2.45) is 0 Å². The molecule has 0 fully saturated rings. The van der Waals surface area contributed by atoms with Crippen LogP contribution >= 0.6 is 0 Å². The number of hydrogen-bond acceptors (Lipinski definition) is 2.